The minimum absolute atomic E-state index is 0.107. The van der Waals surface area contributed by atoms with Crippen molar-refractivity contribution in [1.29, 1.82) is 0 Å². The van der Waals surface area contributed by atoms with Gasteiger partial charge in [-0.3, -0.25) is 13.9 Å². The number of amides is 2. The molecule has 1 saturated carbocycles. The summed E-state index contributed by atoms with van der Waals surface area (Å²) in [5.41, 5.74) is 1.41. The number of benzene rings is 3. The molecule has 206 valence electrons. The van der Waals surface area contributed by atoms with E-state index >= 15 is 0 Å². The monoisotopic (exact) mass is 567 g/mol. The average molecular weight is 568 g/mol. The van der Waals surface area contributed by atoms with Gasteiger partial charge in [-0.2, -0.15) is 0 Å². The number of carbonyl (C=O) groups is 2. The summed E-state index contributed by atoms with van der Waals surface area (Å²) in [5, 5.41) is 5.28. The van der Waals surface area contributed by atoms with E-state index in [-0.39, 0.29) is 37.4 Å². The fraction of sp³-hybridized carbons (Fsp3) is 0.400. The predicted octanol–water partition coefficient (Wildman–Crippen LogP) is 5.65. The zero-order chi connectivity index (χ0) is 27.6. The number of nitrogens with zero attached hydrogens (tertiary/aromatic N) is 2. The molecule has 0 unspecified atom stereocenters. The number of hydrogen-bond acceptors (Lipinski definition) is 4. The largest absolute Gasteiger partial charge is 0.352 e. The van der Waals surface area contributed by atoms with Gasteiger partial charge in [-0.25, -0.2) is 8.42 Å². The van der Waals surface area contributed by atoms with Crippen LogP contribution in [0.1, 0.15) is 57.4 Å². The summed E-state index contributed by atoms with van der Waals surface area (Å²) in [6, 6.07) is 17.7. The van der Waals surface area contributed by atoms with Crippen molar-refractivity contribution in [2.45, 2.75) is 75.4 Å². The lowest BCUT2D eigenvalue weighted by molar-refractivity contribution is -0.141. The zero-order valence-corrected chi connectivity index (χ0v) is 23.7. The fourth-order valence-corrected chi connectivity index (χ4v) is 7.76. The van der Waals surface area contributed by atoms with E-state index in [1.54, 1.807) is 23.1 Å². The number of anilines is 1. The lowest BCUT2D eigenvalue weighted by atomic mass is 10.1. The van der Waals surface area contributed by atoms with Crippen LogP contribution in [0.3, 0.4) is 0 Å². The first-order chi connectivity index (χ1) is 18.8. The molecule has 0 bridgehead atoms. The van der Waals surface area contributed by atoms with E-state index in [1.165, 1.54) is 4.31 Å². The number of rotatable bonds is 10. The minimum atomic E-state index is -3.69. The molecule has 2 amide bonds. The van der Waals surface area contributed by atoms with E-state index in [1.807, 2.05) is 49.4 Å². The van der Waals surface area contributed by atoms with Crippen LogP contribution in [-0.2, 0) is 26.2 Å². The van der Waals surface area contributed by atoms with Crippen molar-refractivity contribution >= 4 is 49.9 Å². The highest BCUT2D eigenvalue weighted by molar-refractivity contribution is 7.93. The molecule has 5 rings (SSSR count). The van der Waals surface area contributed by atoms with Gasteiger partial charge in [-0.1, -0.05) is 73.8 Å². The molecule has 1 aliphatic heterocycles. The molecular weight excluding hydrogens is 534 g/mol. The van der Waals surface area contributed by atoms with Gasteiger partial charge in [0.05, 0.1) is 10.6 Å². The third-order valence-corrected chi connectivity index (χ3v) is 10.0. The number of sulfonamides is 1. The van der Waals surface area contributed by atoms with Crippen molar-refractivity contribution in [3.05, 3.63) is 71.2 Å². The molecule has 1 fully saturated rings. The molecule has 1 aliphatic carbocycles. The molecule has 2 aliphatic rings. The minimum Gasteiger partial charge on any atom is -0.352 e. The van der Waals surface area contributed by atoms with Crippen LogP contribution in [0.2, 0.25) is 5.02 Å². The van der Waals surface area contributed by atoms with Crippen molar-refractivity contribution < 1.29 is 18.0 Å². The first-order valence-electron chi connectivity index (χ1n) is 13.7. The smallest absolute Gasteiger partial charge is 0.265 e. The SMILES string of the molecule is CC[C@@H](C(=O)NC1CCCC1)N(Cc1ccccc1Cl)C(=O)CCCN1c2cccc3cccc(c23)S1(=O)=O. The molecule has 7 nitrogen and oxygen atoms in total. The third-order valence-electron chi connectivity index (χ3n) is 7.82. The molecule has 1 heterocycles. The molecule has 1 atom stereocenters. The normalized spacial score (nSPS) is 16.9. The van der Waals surface area contributed by atoms with Crippen molar-refractivity contribution in [2.75, 3.05) is 10.8 Å². The molecule has 0 aromatic heterocycles. The van der Waals surface area contributed by atoms with E-state index in [0.717, 1.165) is 42.0 Å². The summed E-state index contributed by atoms with van der Waals surface area (Å²) < 4.78 is 28.1. The van der Waals surface area contributed by atoms with Gasteiger partial charge in [0.2, 0.25) is 11.8 Å². The molecular formula is C30H34ClN3O4S. The van der Waals surface area contributed by atoms with Crippen LogP contribution in [0.15, 0.2) is 65.6 Å². The highest BCUT2D eigenvalue weighted by Gasteiger charge is 2.36. The Balaban J connectivity index is 1.33. The zero-order valence-electron chi connectivity index (χ0n) is 22.1. The van der Waals surface area contributed by atoms with Crippen LogP contribution in [0.5, 0.6) is 0 Å². The van der Waals surface area contributed by atoms with Crippen molar-refractivity contribution in [3.8, 4) is 0 Å². The molecule has 39 heavy (non-hydrogen) atoms. The van der Waals surface area contributed by atoms with Gasteiger partial charge in [-0.15, -0.1) is 0 Å². The second-order valence-corrected chi connectivity index (χ2v) is 12.6. The Morgan fingerprint density at radius 1 is 1.05 bits per heavy atom. The molecule has 0 spiro atoms. The summed E-state index contributed by atoms with van der Waals surface area (Å²) in [5.74, 6) is -0.343. The maximum absolute atomic E-state index is 13.7. The highest BCUT2D eigenvalue weighted by Crippen LogP contribution is 2.42. The molecule has 3 aromatic carbocycles. The average Bonchev–Trinajstić information content (AvgIpc) is 3.51. The van der Waals surface area contributed by atoms with Gasteiger partial charge in [0.15, 0.2) is 0 Å². The van der Waals surface area contributed by atoms with E-state index < -0.39 is 16.1 Å². The van der Waals surface area contributed by atoms with Crippen LogP contribution in [0.4, 0.5) is 5.69 Å². The molecule has 3 aromatic rings. The van der Waals surface area contributed by atoms with Gasteiger partial charge in [0.1, 0.15) is 6.04 Å². The topological polar surface area (TPSA) is 86.8 Å². The third kappa shape index (κ3) is 5.50. The summed E-state index contributed by atoms with van der Waals surface area (Å²) in [6.45, 7) is 2.29. The Morgan fingerprint density at radius 3 is 2.49 bits per heavy atom. The van der Waals surface area contributed by atoms with Gasteiger partial charge in [-0.05, 0) is 54.8 Å². The van der Waals surface area contributed by atoms with Crippen molar-refractivity contribution in [3.63, 3.8) is 0 Å². The van der Waals surface area contributed by atoms with Gasteiger partial charge in [0, 0.05) is 36.0 Å². The van der Waals surface area contributed by atoms with Gasteiger partial charge >= 0.3 is 0 Å². The quantitative estimate of drug-likeness (QED) is 0.343. The van der Waals surface area contributed by atoms with E-state index in [4.69, 9.17) is 11.6 Å². The first-order valence-corrected chi connectivity index (χ1v) is 15.5. The molecule has 1 N–H and O–H groups in total. The Bertz CT molecular complexity index is 1480. The molecule has 0 radical (unpaired) electrons. The Morgan fingerprint density at radius 2 is 1.77 bits per heavy atom. The Kier molecular flexibility index (Phi) is 8.14. The first kappa shape index (κ1) is 27.5. The van der Waals surface area contributed by atoms with E-state index in [2.05, 4.69) is 5.32 Å². The van der Waals surface area contributed by atoms with Crippen LogP contribution in [-0.4, -0.2) is 43.8 Å². The molecule has 9 heteroatoms. The number of halogens is 1. The predicted molar refractivity (Wildman–Crippen MR) is 154 cm³/mol. The summed E-state index contributed by atoms with van der Waals surface area (Å²) in [6.07, 6.45) is 5.01. The number of carbonyl (C=O) groups excluding carboxylic acids is 2. The highest BCUT2D eigenvalue weighted by atomic mass is 35.5. The van der Waals surface area contributed by atoms with Crippen LogP contribution < -0.4 is 9.62 Å². The molecule has 0 saturated heterocycles. The maximum Gasteiger partial charge on any atom is 0.265 e. The Hall–Kier alpha value is -3.10. The van der Waals surface area contributed by atoms with Gasteiger partial charge in [0.25, 0.3) is 10.0 Å². The lowest BCUT2D eigenvalue weighted by Gasteiger charge is -2.32. The Labute approximate surface area is 235 Å². The van der Waals surface area contributed by atoms with Gasteiger partial charge < -0.3 is 10.2 Å². The van der Waals surface area contributed by atoms with E-state index in [9.17, 15) is 18.0 Å². The number of hydrogen-bond donors (Lipinski definition) is 1. The van der Waals surface area contributed by atoms with Crippen LogP contribution in [0.25, 0.3) is 10.8 Å². The van der Waals surface area contributed by atoms with Crippen molar-refractivity contribution in [2.24, 2.45) is 0 Å². The second kappa shape index (κ2) is 11.6. The lowest BCUT2D eigenvalue weighted by Crippen LogP contribution is -2.51. The summed E-state index contributed by atoms with van der Waals surface area (Å²) in [7, 11) is -3.69. The standard InChI is InChI=1S/C30H34ClN3O4S/c1-2-25(30(36)32-23-13-4-5-14-23)33(20-22-10-3-6-15-24(22)31)28(35)18-9-19-34-26-16-7-11-21-12-8-17-27(29(21)26)39(34,37)38/h3,6-8,10-12,15-17,23,25H,2,4-5,9,13-14,18-20H2,1H3,(H,32,36)/t25-/m0/s1. The fourth-order valence-electron chi connectivity index (χ4n) is 5.81. The maximum atomic E-state index is 13.7. The van der Waals surface area contributed by atoms with E-state index in [0.29, 0.717) is 28.4 Å². The van der Waals surface area contributed by atoms with Crippen LogP contribution >= 0.6 is 11.6 Å². The van der Waals surface area contributed by atoms with Crippen LogP contribution in [0, 0.1) is 0 Å². The van der Waals surface area contributed by atoms with Crippen molar-refractivity contribution in [1.82, 2.24) is 10.2 Å². The summed E-state index contributed by atoms with van der Waals surface area (Å²) in [4.78, 5) is 28.9. The second-order valence-electron chi connectivity index (χ2n) is 10.3. The summed E-state index contributed by atoms with van der Waals surface area (Å²) >= 11 is 6.43. The number of nitrogens with one attached hydrogen (secondary N) is 1.